The van der Waals surface area contributed by atoms with Crippen molar-refractivity contribution in [3.05, 3.63) is 53.1 Å². The third-order valence-corrected chi connectivity index (χ3v) is 10.4. The Bertz CT molecular complexity index is 1620. The Kier molecular flexibility index (Phi) is 6.65. The van der Waals surface area contributed by atoms with Crippen LogP contribution in [0.3, 0.4) is 0 Å². The average Bonchev–Trinajstić information content (AvgIpc) is 3.12. The van der Waals surface area contributed by atoms with Gasteiger partial charge >= 0.3 is 16.2 Å². The Morgan fingerprint density at radius 1 is 1.05 bits per heavy atom. The second-order valence-corrected chi connectivity index (χ2v) is 13.3. The lowest BCUT2D eigenvalue weighted by Gasteiger charge is -2.29. The maximum absolute atomic E-state index is 13.2. The molecule has 0 radical (unpaired) electrons. The van der Waals surface area contributed by atoms with Crippen LogP contribution in [0.5, 0.6) is 5.75 Å². The summed E-state index contributed by atoms with van der Waals surface area (Å²) in [5.41, 5.74) is 3.95. The van der Waals surface area contributed by atoms with Gasteiger partial charge in [-0.1, -0.05) is 25.3 Å². The van der Waals surface area contributed by atoms with Crippen LogP contribution in [-0.2, 0) is 28.0 Å². The van der Waals surface area contributed by atoms with E-state index >= 15 is 0 Å². The normalized spacial score (nSPS) is 21.6. The minimum atomic E-state index is -3.90. The minimum absolute atomic E-state index is 0.217. The molecule has 0 spiro atoms. The maximum Gasteiger partial charge on any atom is 0.311 e. The van der Waals surface area contributed by atoms with Crippen molar-refractivity contribution >= 4 is 33.0 Å². The van der Waals surface area contributed by atoms with Gasteiger partial charge in [-0.3, -0.25) is 9.59 Å². The molecular formula is C30H35N3O6S. The molecule has 1 saturated heterocycles. The van der Waals surface area contributed by atoms with E-state index < -0.39 is 27.5 Å². The molecule has 1 unspecified atom stereocenters. The van der Waals surface area contributed by atoms with Gasteiger partial charge in [-0.05, 0) is 80.0 Å². The fourth-order valence-corrected chi connectivity index (χ4v) is 7.81. The number of ether oxygens (including phenoxy) is 1. The zero-order chi connectivity index (χ0) is 28.2. The summed E-state index contributed by atoms with van der Waals surface area (Å²) in [5, 5.41) is 11.4. The first-order valence-electron chi connectivity index (χ1n) is 14.0. The molecule has 1 saturated carbocycles. The number of rotatable bonds is 6. The van der Waals surface area contributed by atoms with Gasteiger partial charge in [0, 0.05) is 41.7 Å². The fourth-order valence-electron chi connectivity index (χ4n) is 6.59. The summed E-state index contributed by atoms with van der Waals surface area (Å²) >= 11 is 0. The van der Waals surface area contributed by atoms with Gasteiger partial charge in [0.15, 0.2) is 0 Å². The summed E-state index contributed by atoms with van der Waals surface area (Å²) in [5.74, 6) is -0.603. The van der Waals surface area contributed by atoms with Crippen LogP contribution in [0.25, 0.3) is 22.2 Å². The van der Waals surface area contributed by atoms with Crippen LogP contribution < -0.4 is 9.46 Å². The zero-order valence-corrected chi connectivity index (χ0v) is 23.7. The standard InChI is InChI=1S/C30H35N3O6S/c1-30(29(35)36)17-21-15-22(39-2)10-12-23(21)27-26(19-7-4-3-5-8-19)24-11-9-20(16-25(24)33(27)18-30)28(34)31-40(37,38)32-13-6-14-32/h9-12,15-16,19H,3-8,13-14,17-18H2,1-2H3,(H,31,34)(H,35,36). The highest BCUT2D eigenvalue weighted by Crippen LogP contribution is 2.48. The van der Waals surface area contributed by atoms with Gasteiger partial charge < -0.3 is 14.4 Å². The number of methoxy groups -OCH3 is 1. The number of carbonyl (C=O) groups excluding carboxylic acids is 1. The van der Waals surface area contributed by atoms with Gasteiger partial charge in [0.2, 0.25) is 0 Å². The molecule has 9 nitrogen and oxygen atoms in total. The third kappa shape index (κ3) is 4.47. The number of amides is 1. The summed E-state index contributed by atoms with van der Waals surface area (Å²) in [6.45, 7) is 2.78. The first-order valence-corrected chi connectivity index (χ1v) is 15.4. The van der Waals surface area contributed by atoms with E-state index in [4.69, 9.17) is 4.74 Å². The number of carbonyl (C=O) groups is 2. The van der Waals surface area contributed by atoms with Crippen molar-refractivity contribution in [2.24, 2.45) is 5.41 Å². The number of aliphatic carboxylic acids is 1. The van der Waals surface area contributed by atoms with Crippen molar-refractivity contribution in [3.63, 3.8) is 0 Å². The van der Waals surface area contributed by atoms with E-state index in [1.54, 1.807) is 26.2 Å². The Hall–Kier alpha value is -3.37. The highest BCUT2D eigenvalue weighted by molar-refractivity contribution is 7.87. The Morgan fingerprint density at radius 3 is 2.45 bits per heavy atom. The van der Waals surface area contributed by atoms with Crippen molar-refractivity contribution in [2.45, 2.75) is 64.3 Å². The summed E-state index contributed by atoms with van der Waals surface area (Å²) in [6, 6.07) is 11.2. The predicted molar refractivity (Wildman–Crippen MR) is 152 cm³/mol. The van der Waals surface area contributed by atoms with Crippen LogP contribution in [0, 0.1) is 5.41 Å². The van der Waals surface area contributed by atoms with Gasteiger partial charge in [-0.25, -0.2) is 4.72 Å². The van der Waals surface area contributed by atoms with Crippen LogP contribution in [0.4, 0.5) is 0 Å². The smallest absolute Gasteiger partial charge is 0.311 e. The molecule has 10 heteroatoms. The number of aromatic nitrogens is 1. The molecule has 212 valence electrons. The van der Waals surface area contributed by atoms with Gasteiger partial charge in [-0.2, -0.15) is 12.7 Å². The number of hydrogen-bond donors (Lipinski definition) is 2. The second kappa shape index (κ2) is 9.92. The van der Waals surface area contributed by atoms with Crippen LogP contribution in [0.1, 0.15) is 72.9 Å². The fraction of sp³-hybridized carbons (Fsp3) is 0.467. The highest BCUT2D eigenvalue weighted by Gasteiger charge is 2.40. The van der Waals surface area contributed by atoms with E-state index in [9.17, 15) is 23.1 Å². The number of nitrogens with zero attached hydrogens (tertiary/aromatic N) is 2. The van der Waals surface area contributed by atoms with Crippen LogP contribution in [0.2, 0.25) is 0 Å². The van der Waals surface area contributed by atoms with Crippen molar-refractivity contribution in [1.82, 2.24) is 13.6 Å². The zero-order valence-electron chi connectivity index (χ0n) is 22.9. The molecule has 3 heterocycles. The van der Waals surface area contributed by atoms with E-state index in [0.29, 0.717) is 31.2 Å². The molecule has 2 aromatic carbocycles. The lowest BCUT2D eigenvalue weighted by atomic mass is 9.80. The number of carboxylic acid groups (broad SMARTS) is 1. The Balaban J connectivity index is 1.57. The first-order chi connectivity index (χ1) is 19.1. The third-order valence-electron chi connectivity index (χ3n) is 8.93. The topological polar surface area (TPSA) is 118 Å². The highest BCUT2D eigenvalue weighted by atomic mass is 32.2. The molecule has 40 heavy (non-hydrogen) atoms. The van der Waals surface area contributed by atoms with Gasteiger partial charge in [-0.15, -0.1) is 0 Å². The van der Waals surface area contributed by atoms with Crippen LogP contribution in [-0.4, -0.2) is 54.5 Å². The molecule has 2 N–H and O–H groups in total. The van der Waals surface area contributed by atoms with Gasteiger partial charge in [0.1, 0.15) is 5.75 Å². The van der Waals surface area contributed by atoms with Crippen LogP contribution >= 0.6 is 0 Å². The number of fused-ring (bicyclic) bond motifs is 5. The summed E-state index contributed by atoms with van der Waals surface area (Å²) in [7, 11) is -2.29. The number of benzene rings is 2. The van der Waals surface area contributed by atoms with Crippen molar-refractivity contribution in [2.75, 3.05) is 20.2 Å². The molecule has 1 amide bonds. The lowest BCUT2D eigenvalue weighted by Crippen LogP contribution is -2.49. The summed E-state index contributed by atoms with van der Waals surface area (Å²) < 4.78 is 36.2. The van der Waals surface area contributed by atoms with Crippen LogP contribution in [0.15, 0.2) is 36.4 Å². The number of hydrogen-bond acceptors (Lipinski definition) is 5. The predicted octanol–water partition coefficient (Wildman–Crippen LogP) is 4.69. The van der Waals surface area contributed by atoms with E-state index in [0.717, 1.165) is 59.8 Å². The molecule has 2 aliphatic heterocycles. The monoisotopic (exact) mass is 565 g/mol. The van der Waals surface area contributed by atoms with E-state index in [2.05, 4.69) is 9.29 Å². The van der Waals surface area contributed by atoms with E-state index in [1.807, 2.05) is 24.3 Å². The van der Waals surface area contributed by atoms with Gasteiger partial charge in [0.25, 0.3) is 5.91 Å². The SMILES string of the molecule is COc1ccc2c(c1)CC(C)(C(=O)O)Cn1c-2c(C2CCCCC2)c2ccc(C(=O)NS(=O)(=O)N3CCC3)cc21. The van der Waals surface area contributed by atoms with Crippen molar-refractivity contribution in [3.8, 4) is 17.0 Å². The van der Waals surface area contributed by atoms with Crippen molar-refractivity contribution < 1.29 is 27.9 Å². The van der Waals surface area contributed by atoms with Crippen molar-refractivity contribution in [1.29, 1.82) is 0 Å². The summed E-state index contributed by atoms with van der Waals surface area (Å²) in [6.07, 6.45) is 6.66. The average molecular weight is 566 g/mol. The molecule has 1 aliphatic carbocycles. The molecule has 1 aromatic heterocycles. The Labute approximate surface area is 234 Å². The first kappa shape index (κ1) is 26.8. The van der Waals surface area contributed by atoms with Gasteiger partial charge in [0.05, 0.1) is 18.2 Å². The van der Waals surface area contributed by atoms with E-state index in [-0.39, 0.29) is 12.1 Å². The number of carboxylic acids is 1. The summed E-state index contributed by atoms with van der Waals surface area (Å²) in [4.78, 5) is 25.9. The largest absolute Gasteiger partial charge is 0.497 e. The molecule has 3 aromatic rings. The minimum Gasteiger partial charge on any atom is -0.497 e. The molecule has 6 rings (SSSR count). The van der Waals surface area contributed by atoms with E-state index in [1.165, 1.54) is 16.3 Å². The molecule has 0 bridgehead atoms. The molecular weight excluding hydrogens is 530 g/mol. The molecule has 2 fully saturated rings. The molecule has 3 aliphatic rings. The lowest BCUT2D eigenvalue weighted by molar-refractivity contribution is -0.148. The number of nitrogens with one attached hydrogen (secondary N) is 1. The maximum atomic E-state index is 13.2. The Morgan fingerprint density at radius 2 is 1.80 bits per heavy atom. The quantitative estimate of drug-likeness (QED) is 0.448. The molecule has 1 atom stereocenters. The second-order valence-electron chi connectivity index (χ2n) is 11.7.